The van der Waals surface area contributed by atoms with Crippen LogP contribution in [0.25, 0.3) is 0 Å². The molecule has 0 spiro atoms. The van der Waals surface area contributed by atoms with Crippen LogP contribution in [0.4, 0.5) is 0 Å². The van der Waals surface area contributed by atoms with Crippen LogP contribution < -0.4 is 0 Å². The van der Waals surface area contributed by atoms with Crippen molar-refractivity contribution < 1.29 is 50.7 Å². The molecule has 0 saturated carbocycles. The van der Waals surface area contributed by atoms with Gasteiger partial charge in [0.05, 0.1) is 0 Å². The van der Waals surface area contributed by atoms with Crippen LogP contribution >= 0.6 is 0 Å². The summed E-state index contributed by atoms with van der Waals surface area (Å²) in [6.07, 6.45) is 0. The largest absolute Gasteiger partial charge is 0.631 e. The van der Waals surface area contributed by atoms with E-state index in [1.54, 1.807) is 0 Å². The fourth-order valence-corrected chi connectivity index (χ4v) is 0. The van der Waals surface area contributed by atoms with Crippen molar-refractivity contribution in [2.75, 3.05) is 0 Å². The molecule has 0 saturated heterocycles. The van der Waals surface area contributed by atoms with Crippen LogP contribution in [0.1, 0.15) is 0 Å². The van der Waals surface area contributed by atoms with E-state index in [9.17, 15) is 0 Å². The van der Waals surface area contributed by atoms with E-state index in [4.69, 9.17) is 45.2 Å². The van der Waals surface area contributed by atoms with Crippen molar-refractivity contribution in [1.82, 2.24) is 0 Å². The Kier molecular flexibility index (Phi) is 50.5. The molecular formula is H11B3KO10. The van der Waals surface area contributed by atoms with Gasteiger partial charge in [-0.25, -0.2) is 0 Å². The molecule has 14 heavy (non-hydrogen) atoms. The molecule has 11 N–H and O–H groups in total. The van der Waals surface area contributed by atoms with Gasteiger partial charge in [0.1, 0.15) is 0 Å². The van der Waals surface area contributed by atoms with E-state index in [1.165, 1.54) is 0 Å². The van der Waals surface area contributed by atoms with E-state index in [0.29, 0.717) is 0 Å². The van der Waals surface area contributed by atoms with Gasteiger partial charge in [-0.2, -0.15) is 0 Å². The van der Waals surface area contributed by atoms with Crippen molar-refractivity contribution in [3.8, 4) is 0 Å². The first kappa shape index (κ1) is 29.5. The van der Waals surface area contributed by atoms with Crippen molar-refractivity contribution in [3.63, 3.8) is 0 Å². The van der Waals surface area contributed by atoms with Gasteiger partial charge in [-0.1, -0.05) is 0 Å². The second kappa shape index (κ2) is 23.9. The smallest absolute Gasteiger partial charge is 0.412 e. The molecule has 0 heterocycles. The van der Waals surface area contributed by atoms with Gasteiger partial charge in [0.2, 0.25) is 0 Å². The maximum absolute atomic E-state index is 7.17. The zero-order valence-electron chi connectivity index (χ0n) is 7.26. The summed E-state index contributed by atoms with van der Waals surface area (Å²) >= 11 is 0. The molecule has 0 aliphatic rings. The van der Waals surface area contributed by atoms with Crippen molar-refractivity contribution in [1.29, 1.82) is 0 Å². The zero-order chi connectivity index (χ0) is 10.7. The molecule has 1 radical (unpaired) electrons. The molecule has 0 bridgehead atoms. The van der Waals surface area contributed by atoms with E-state index in [1.807, 2.05) is 0 Å². The average Bonchev–Trinajstić information content (AvgIpc) is 1.54. The monoisotopic (exact) mass is 243 g/mol. The summed E-state index contributed by atoms with van der Waals surface area (Å²) in [5.74, 6) is 0. The van der Waals surface area contributed by atoms with Crippen LogP contribution in [0.5, 0.6) is 0 Å². The van der Waals surface area contributed by atoms with Crippen LogP contribution in [0.3, 0.4) is 0 Å². The Morgan fingerprint density at radius 3 is 0.429 bits per heavy atom. The second-order valence-electron chi connectivity index (χ2n) is 1.04. The third kappa shape index (κ3) is 1010. The third-order valence-corrected chi connectivity index (χ3v) is 0. The summed E-state index contributed by atoms with van der Waals surface area (Å²) in [6.45, 7) is 0. The summed E-state index contributed by atoms with van der Waals surface area (Å²) < 4.78 is 0. The summed E-state index contributed by atoms with van der Waals surface area (Å²) in [6, 6.07) is 0. The Bertz CT molecular complexity index is 43.9. The normalized spacial score (nSPS) is 5.79. The standard InChI is InChI=1S/3BH3O3.K.H2O/c3*2-1(3)4;;/h3*2-4H;;1H2. The minimum atomic E-state index is -2.17. The molecule has 0 unspecified atom stereocenters. The van der Waals surface area contributed by atoms with Gasteiger partial charge in [0.15, 0.2) is 0 Å². The quantitative estimate of drug-likeness (QED) is 0.184. The molecule has 14 heteroatoms. The number of rotatable bonds is 0. The number of hydrogen-bond acceptors (Lipinski definition) is 9. The van der Waals surface area contributed by atoms with E-state index in [-0.39, 0.29) is 56.9 Å². The fourth-order valence-electron chi connectivity index (χ4n) is 0. The molecule has 0 aromatic heterocycles. The Morgan fingerprint density at radius 1 is 0.429 bits per heavy atom. The minimum absolute atomic E-state index is 0. The Labute approximate surface area is 123 Å². The van der Waals surface area contributed by atoms with Gasteiger partial charge in [0, 0.05) is 51.4 Å². The average molecular weight is 243 g/mol. The van der Waals surface area contributed by atoms with Gasteiger partial charge in [-0.05, 0) is 0 Å². The predicted octanol–water partition coefficient (Wildman–Crippen LogP) is -7.36. The molecule has 0 amide bonds. The van der Waals surface area contributed by atoms with E-state index in [2.05, 4.69) is 0 Å². The summed E-state index contributed by atoms with van der Waals surface area (Å²) in [7, 11) is -6.50. The van der Waals surface area contributed by atoms with Gasteiger partial charge in [-0.15, -0.1) is 0 Å². The van der Waals surface area contributed by atoms with Crippen molar-refractivity contribution >= 4 is 73.3 Å². The van der Waals surface area contributed by atoms with E-state index < -0.39 is 22.0 Å². The SMILES string of the molecule is O.OB(O)O.OB(O)O.OB(O)O.[K]. The molecule has 10 nitrogen and oxygen atoms in total. The van der Waals surface area contributed by atoms with Crippen LogP contribution in [0.15, 0.2) is 0 Å². The fraction of sp³-hybridized carbons (Fsp3) is 0. The molecule has 0 aliphatic carbocycles. The van der Waals surface area contributed by atoms with Gasteiger partial charge >= 0.3 is 22.0 Å². The van der Waals surface area contributed by atoms with Crippen LogP contribution in [0, 0.1) is 0 Å². The first-order chi connectivity index (χ1) is 5.20. The maximum Gasteiger partial charge on any atom is 0.631 e. The molecular weight excluding hydrogens is 232 g/mol. The summed E-state index contributed by atoms with van der Waals surface area (Å²) in [5, 5.41) is 64.5. The first-order valence-corrected chi connectivity index (χ1v) is 2.32. The van der Waals surface area contributed by atoms with Crippen LogP contribution in [-0.2, 0) is 0 Å². The molecule has 0 rings (SSSR count). The van der Waals surface area contributed by atoms with Gasteiger partial charge < -0.3 is 50.7 Å². The molecule has 0 fully saturated rings. The van der Waals surface area contributed by atoms with Gasteiger partial charge in [-0.3, -0.25) is 0 Å². The van der Waals surface area contributed by atoms with Crippen molar-refractivity contribution in [3.05, 3.63) is 0 Å². The van der Waals surface area contributed by atoms with Crippen LogP contribution in [0.2, 0.25) is 0 Å². The Morgan fingerprint density at radius 2 is 0.429 bits per heavy atom. The van der Waals surface area contributed by atoms with Gasteiger partial charge in [0.25, 0.3) is 0 Å². The third-order valence-electron chi connectivity index (χ3n) is 0. The molecule has 0 aromatic carbocycles. The second-order valence-corrected chi connectivity index (χ2v) is 1.04. The predicted molar refractivity (Wildman–Crippen MR) is 46.6 cm³/mol. The van der Waals surface area contributed by atoms with Crippen molar-refractivity contribution in [2.24, 2.45) is 0 Å². The summed E-state index contributed by atoms with van der Waals surface area (Å²) in [4.78, 5) is 0. The Hall–Kier alpha value is 1.43. The molecule has 0 atom stereocenters. The van der Waals surface area contributed by atoms with E-state index in [0.717, 1.165) is 0 Å². The molecule has 81 valence electrons. The van der Waals surface area contributed by atoms with E-state index >= 15 is 0 Å². The minimum Gasteiger partial charge on any atom is -0.412 e. The molecule has 0 aromatic rings. The maximum atomic E-state index is 7.17. The summed E-state index contributed by atoms with van der Waals surface area (Å²) in [5.41, 5.74) is 0. The Balaban J connectivity index is -0.0000000270. The molecule has 0 aliphatic heterocycles. The zero-order valence-corrected chi connectivity index (χ0v) is 10.4. The topological polar surface area (TPSA) is 214 Å². The number of hydrogen-bond donors (Lipinski definition) is 9. The first-order valence-electron chi connectivity index (χ1n) is 2.32. The van der Waals surface area contributed by atoms with Crippen molar-refractivity contribution in [2.45, 2.75) is 0 Å². The van der Waals surface area contributed by atoms with Crippen LogP contribution in [-0.4, -0.2) is 124 Å².